The third-order valence-electron chi connectivity index (χ3n) is 16.1. The fraction of sp³-hybridized carbons (Fsp3) is 0.0882. The highest BCUT2D eigenvalue weighted by atomic mass is 16.3. The first-order valence-electron chi connectivity index (χ1n) is 25.1. The van der Waals surface area contributed by atoms with E-state index in [1.807, 2.05) is 0 Å². The molecule has 2 aromatic heterocycles. The third-order valence-corrected chi connectivity index (χ3v) is 16.1. The number of anilines is 6. The average Bonchev–Trinajstić information content (AvgIpc) is 4.08. The second kappa shape index (κ2) is 14.8. The smallest absolute Gasteiger partial charge is 0.136 e. The van der Waals surface area contributed by atoms with E-state index in [4.69, 9.17) is 8.83 Å². The largest absolute Gasteiger partial charge is 0.456 e. The van der Waals surface area contributed by atoms with Crippen molar-refractivity contribution < 1.29 is 8.83 Å². The minimum absolute atomic E-state index is 0.173. The van der Waals surface area contributed by atoms with E-state index in [0.29, 0.717) is 0 Å². The van der Waals surface area contributed by atoms with Gasteiger partial charge in [-0.1, -0.05) is 149 Å². The fourth-order valence-corrected chi connectivity index (χ4v) is 12.8. The Kier molecular flexibility index (Phi) is 8.44. The van der Waals surface area contributed by atoms with E-state index in [-0.39, 0.29) is 10.8 Å². The second-order valence-electron chi connectivity index (χ2n) is 20.9. The van der Waals surface area contributed by atoms with Crippen LogP contribution in [0.4, 0.5) is 34.1 Å². The first-order valence-corrected chi connectivity index (χ1v) is 25.1. The fourth-order valence-electron chi connectivity index (χ4n) is 12.8. The van der Waals surface area contributed by atoms with E-state index in [1.165, 1.54) is 55.9 Å². The SMILES string of the molecule is CC1(C)c2ccccc2-c2cccc(N(c3ccccc3)c3ccc4cc5c(cc4c3)oc3cc4c(cc35)oc3cc5cc(N(c6ccccc6)c6cccc7c6C(C)(C)c6ccccc6-7)ccc5cc34)c21. The molecule has 4 nitrogen and oxygen atoms in total. The highest BCUT2D eigenvalue weighted by Gasteiger charge is 2.40. The molecule has 4 heteroatoms. The lowest BCUT2D eigenvalue weighted by molar-refractivity contribution is 0.660. The zero-order valence-corrected chi connectivity index (χ0v) is 40.5. The highest BCUT2D eigenvalue weighted by molar-refractivity contribution is 6.18. The Morgan fingerprint density at radius 2 is 0.667 bits per heavy atom. The van der Waals surface area contributed by atoms with Gasteiger partial charge in [0, 0.05) is 55.1 Å². The summed E-state index contributed by atoms with van der Waals surface area (Å²) >= 11 is 0. The van der Waals surface area contributed by atoms with Crippen LogP contribution in [0.1, 0.15) is 49.9 Å². The lowest BCUT2D eigenvalue weighted by atomic mass is 9.81. The molecule has 11 aromatic carbocycles. The summed E-state index contributed by atoms with van der Waals surface area (Å²) in [6, 6.07) is 79.7. The van der Waals surface area contributed by atoms with Crippen molar-refractivity contribution in [3.05, 3.63) is 241 Å². The number of rotatable bonds is 6. The molecule has 2 aliphatic carbocycles. The molecule has 0 radical (unpaired) electrons. The summed E-state index contributed by atoms with van der Waals surface area (Å²) in [4.78, 5) is 4.85. The van der Waals surface area contributed by atoms with Crippen molar-refractivity contribution in [1.82, 2.24) is 0 Å². The number of hydrogen-bond acceptors (Lipinski definition) is 4. The van der Waals surface area contributed by atoms with E-state index in [2.05, 4.69) is 256 Å². The van der Waals surface area contributed by atoms with Crippen molar-refractivity contribution in [2.45, 2.75) is 38.5 Å². The normalized spacial score (nSPS) is 14.1. The molecule has 0 N–H and O–H groups in total. The zero-order valence-electron chi connectivity index (χ0n) is 40.5. The molecule has 0 atom stereocenters. The van der Waals surface area contributed by atoms with Crippen LogP contribution in [0.5, 0.6) is 0 Å². The number of para-hydroxylation sites is 2. The van der Waals surface area contributed by atoms with Gasteiger partial charge in [0.1, 0.15) is 22.3 Å². The molecule has 0 unspecified atom stereocenters. The molecule has 0 aliphatic heterocycles. The van der Waals surface area contributed by atoms with Crippen molar-refractivity contribution in [2.75, 3.05) is 9.80 Å². The number of benzene rings is 11. The molecule has 72 heavy (non-hydrogen) atoms. The number of nitrogens with zero attached hydrogens (tertiary/aromatic N) is 2. The highest BCUT2D eigenvalue weighted by Crippen LogP contribution is 2.56. The van der Waals surface area contributed by atoms with E-state index in [0.717, 1.165) is 88.2 Å². The summed E-state index contributed by atoms with van der Waals surface area (Å²) in [6.07, 6.45) is 0. The van der Waals surface area contributed by atoms with Crippen molar-refractivity contribution in [2.24, 2.45) is 0 Å². The quantitative estimate of drug-likeness (QED) is 0.166. The Balaban J connectivity index is 0.828. The van der Waals surface area contributed by atoms with Crippen molar-refractivity contribution in [3.63, 3.8) is 0 Å². The van der Waals surface area contributed by atoms with Gasteiger partial charge in [0.2, 0.25) is 0 Å². The summed E-state index contributed by atoms with van der Waals surface area (Å²) in [5.41, 5.74) is 20.5. The lowest BCUT2D eigenvalue weighted by Crippen LogP contribution is -2.20. The van der Waals surface area contributed by atoms with E-state index < -0.39 is 0 Å². The zero-order chi connectivity index (χ0) is 48.0. The third kappa shape index (κ3) is 5.81. The number of hydrogen-bond donors (Lipinski definition) is 0. The maximum Gasteiger partial charge on any atom is 0.136 e. The van der Waals surface area contributed by atoms with Crippen molar-refractivity contribution >= 4 is 99.5 Å². The summed E-state index contributed by atoms with van der Waals surface area (Å²) < 4.78 is 13.6. The van der Waals surface area contributed by atoms with Gasteiger partial charge in [-0.15, -0.1) is 0 Å². The van der Waals surface area contributed by atoms with Gasteiger partial charge in [0.25, 0.3) is 0 Å². The molecule has 0 spiro atoms. The van der Waals surface area contributed by atoms with Crippen LogP contribution in [0.2, 0.25) is 0 Å². The Bertz CT molecular complexity index is 4120. The van der Waals surface area contributed by atoms with Gasteiger partial charge in [-0.3, -0.25) is 0 Å². The van der Waals surface area contributed by atoms with Crippen LogP contribution in [-0.2, 0) is 10.8 Å². The number of furan rings is 2. The minimum Gasteiger partial charge on any atom is -0.456 e. The molecule has 2 aliphatic rings. The molecular weight excluding hydrogens is 877 g/mol. The van der Waals surface area contributed by atoms with Gasteiger partial charge in [-0.25, -0.2) is 0 Å². The summed E-state index contributed by atoms with van der Waals surface area (Å²) in [6.45, 7) is 9.43. The predicted molar refractivity (Wildman–Crippen MR) is 301 cm³/mol. The average molecular weight is 925 g/mol. The van der Waals surface area contributed by atoms with Gasteiger partial charge in [0.15, 0.2) is 0 Å². The van der Waals surface area contributed by atoms with Gasteiger partial charge in [-0.05, 0) is 163 Å². The topological polar surface area (TPSA) is 32.8 Å². The standard InChI is InChI=1S/C68H48N2O2/c1-67(2)57-25-13-11-21-49(57)51-23-15-27-59(65(51)67)69(45-17-7-5-8-18-45)47-31-29-41-35-53-55-39-64-56(40-63(55)71-61(53)37-43(41)33-47)54-36-42-30-32-48(34-44(42)38-62(54)72-64)70(46-19-9-6-10-20-46)60-28-16-24-52-50-22-12-14-26-58(50)68(3,4)66(52)60/h5-40H,1-4H3. The molecule has 2 heterocycles. The Morgan fingerprint density at radius 1 is 0.292 bits per heavy atom. The van der Waals surface area contributed by atoms with Crippen LogP contribution in [0.25, 0.3) is 87.7 Å². The van der Waals surface area contributed by atoms with E-state index in [1.54, 1.807) is 0 Å². The summed E-state index contributed by atoms with van der Waals surface area (Å²) in [7, 11) is 0. The Labute approximate surface area is 417 Å². The minimum atomic E-state index is -0.173. The van der Waals surface area contributed by atoms with E-state index in [9.17, 15) is 0 Å². The Hall–Kier alpha value is -8.86. The van der Waals surface area contributed by atoms with Gasteiger partial charge in [-0.2, -0.15) is 0 Å². The van der Waals surface area contributed by atoms with Gasteiger partial charge >= 0.3 is 0 Å². The molecule has 13 aromatic rings. The first-order chi connectivity index (χ1) is 35.2. The molecule has 0 saturated carbocycles. The summed E-state index contributed by atoms with van der Waals surface area (Å²) in [5, 5.41) is 8.76. The molecule has 0 amide bonds. The van der Waals surface area contributed by atoms with Crippen LogP contribution < -0.4 is 9.80 Å². The summed E-state index contributed by atoms with van der Waals surface area (Å²) in [5.74, 6) is 0. The first kappa shape index (κ1) is 41.0. The molecular formula is C68H48N2O2. The molecule has 0 bridgehead atoms. The Morgan fingerprint density at radius 3 is 1.11 bits per heavy atom. The van der Waals surface area contributed by atoms with Crippen LogP contribution in [0.15, 0.2) is 227 Å². The van der Waals surface area contributed by atoms with E-state index >= 15 is 0 Å². The number of fused-ring (bicyclic) bond motifs is 14. The molecule has 0 fully saturated rings. The van der Waals surface area contributed by atoms with Crippen molar-refractivity contribution in [1.29, 1.82) is 0 Å². The van der Waals surface area contributed by atoms with Gasteiger partial charge < -0.3 is 18.6 Å². The molecule has 342 valence electrons. The van der Waals surface area contributed by atoms with Crippen molar-refractivity contribution in [3.8, 4) is 22.3 Å². The van der Waals surface area contributed by atoms with Crippen LogP contribution in [-0.4, -0.2) is 0 Å². The predicted octanol–water partition coefficient (Wildman–Crippen LogP) is 19.3. The second-order valence-corrected chi connectivity index (χ2v) is 20.9. The maximum absolute atomic E-state index is 6.80. The monoisotopic (exact) mass is 924 g/mol. The van der Waals surface area contributed by atoms with Crippen LogP contribution >= 0.6 is 0 Å². The van der Waals surface area contributed by atoms with Crippen LogP contribution in [0, 0.1) is 0 Å². The maximum atomic E-state index is 6.80. The molecule has 0 saturated heterocycles. The van der Waals surface area contributed by atoms with Crippen LogP contribution in [0.3, 0.4) is 0 Å². The lowest BCUT2D eigenvalue weighted by Gasteiger charge is -2.32. The van der Waals surface area contributed by atoms with Gasteiger partial charge in [0.05, 0.1) is 11.4 Å². The molecule has 15 rings (SSSR count).